The number of amides is 1. The van der Waals surface area contributed by atoms with Gasteiger partial charge in [0.25, 0.3) is 0 Å². The highest BCUT2D eigenvalue weighted by atomic mass is 32.2. The van der Waals surface area contributed by atoms with Crippen LogP contribution in [0.4, 0.5) is 5.00 Å². The van der Waals surface area contributed by atoms with Gasteiger partial charge in [-0.15, -0.1) is 0 Å². The van der Waals surface area contributed by atoms with Crippen molar-refractivity contribution in [2.24, 2.45) is 0 Å². The number of carbonyl (C=O) groups excluding carboxylic acids is 1. The highest BCUT2D eigenvalue weighted by molar-refractivity contribution is 7.90. The lowest BCUT2D eigenvalue weighted by molar-refractivity contribution is -0.118. The average molecular weight is 339 g/mol. The van der Waals surface area contributed by atoms with Crippen molar-refractivity contribution in [3.05, 3.63) is 30.7 Å². The van der Waals surface area contributed by atoms with Gasteiger partial charge in [-0.2, -0.15) is 0 Å². The van der Waals surface area contributed by atoms with E-state index in [0.29, 0.717) is 11.5 Å². The highest BCUT2D eigenvalue weighted by Gasteiger charge is 2.18. The van der Waals surface area contributed by atoms with Crippen molar-refractivity contribution in [3.8, 4) is 10.6 Å². The molecule has 0 aliphatic carbocycles. The summed E-state index contributed by atoms with van der Waals surface area (Å²) in [6.07, 6.45) is 6.14. The summed E-state index contributed by atoms with van der Waals surface area (Å²) in [5, 5.41) is 1.48. The summed E-state index contributed by atoms with van der Waals surface area (Å²) in [7, 11) is -3.15. The van der Waals surface area contributed by atoms with Crippen molar-refractivity contribution in [1.82, 2.24) is 9.97 Å². The predicted molar refractivity (Wildman–Crippen MR) is 87.7 cm³/mol. The molecule has 0 aliphatic rings. The van der Waals surface area contributed by atoms with Crippen LogP contribution in [0.3, 0.4) is 0 Å². The molecule has 0 bridgehead atoms. The fourth-order valence-corrected chi connectivity index (χ4v) is 3.41. The molecule has 2 heterocycles. The summed E-state index contributed by atoms with van der Waals surface area (Å²) in [4.78, 5) is 22.1. The van der Waals surface area contributed by atoms with Gasteiger partial charge in [0.2, 0.25) is 5.91 Å². The summed E-state index contributed by atoms with van der Waals surface area (Å²) < 4.78 is 22.4. The molecule has 0 unspecified atom stereocenters. The molecular weight excluding hydrogens is 322 g/mol. The molecule has 0 atom stereocenters. The van der Waals surface area contributed by atoms with Crippen LogP contribution >= 0.6 is 11.3 Å². The van der Waals surface area contributed by atoms with Gasteiger partial charge in [-0.3, -0.25) is 9.78 Å². The molecule has 0 saturated heterocycles. The fraction of sp³-hybridized carbons (Fsp3) is 0.357. The maximum absolute atomic E-state index is 12.2. The number of rotatable bonds is 6. The van der Waals surface area contributed by atoms with Crippen LogP contribution in [0, 0.1) is 0 Å². The maximum Gasteiger partial charge on any atom is 0.228 e. The van der Waals surface area contributed by atoms with Crippen LogP contribution < -0.4 is 4.90 Å². The second-order valence-corrected chi connectivity index (χ2v) is 8.03. The average Bonchev–Trinajstić information content (AvgIpc) is 2.96. The van der Waals surface area contributed by atoms with Gasteiger partial charge < -0.3 is 4.90 Å². The number of sulfone groups is 1. The number of pyridine rings is 1. The Balaban J connectivity index is 2.15. The highest BCUT2D eigenvalue weighted by Crippen LogP contribution is 2.30. The first-order valence-corrected chi connectivity index (χ1v) is 9.62. The molecule has 0 saturated carbocycles. The monoisotopic (exact) mass is 339 g/mol. The Bertz CT molecular complexity index is 742. The van der Waals surface area contributed by atoms with Gasteiger partial charge in [-0.1, -0.05) is 11.3 Å². The minimum atomic E-state index is -3.15. The number of thiazole rings is 1. The molecule has 0 N–H and O–H groups in total. The van der Waals surface area contributed by atoms with Crippen LogP contribution in [-0.2, 0) is 14.6 Å². The van der Waals surface area contributed by atoms with Crippen LogP contribution in [-0.4, -0.2) is 42.8 Å². The van der Waals surface area contributed by atoms with Crippen molar-refractivity contribution in [2.45, 2.75) is 13.3 Å². The molecule has 2 aromatic rings. The Morgan fingerprint density at radius 1 is 1.36 bits per heavy atom. The third-order valence-corrected chi connectivity index (χ3v) is 4.99. The number of nitrogens with zero attached hydrogens (tertiary/aromatic N) is 3. The van der Waals surface area contributed by atoms with Crippen molar-refractivity contribution in [1.29, 1.82) is 0 Å². The van der Waals surface area contributed by atoms with Crippen LogP contribution in [0.5, 0.6) is 0 Å². The van der Waals surface area contributed by atoms with Crippen LogP contribution in [0.1, 0.15) is 13.3 Å². The summed E-state index contributed by atoms with van der Waals surface area (Å²) in [6, 6.07) is 3.72. The van der Waals surface area contributed by atoms with E-state index in [2.05, 4.69) is 9.97 Å². The van der Waals surface area contributed by atoms with E-state index in [1.807, 2.05) is 19.1 Å². The predicted octanol–water partition coefficient (Wildman–Crippen LogP) is 1.99. The van der Waals surface area contributed by atoms with Crippen molar-refractivity contribution < 1.29 is 13.2 Å². The second kappa shape index (κ2) is 6.97. The zero-order valence-corrected chi connectivity index (χ0v) is 14.0. The first-order valence-electron chi connectivity index (χ1n) is 6.75. The lowest BCUT2D eigenvalue weighted by Crippen LogP contribution is -2.31. The van der Waals surface area contributed by atoms with E-state index in [1.165, 1.54) is 11.3 Å². The normalized spacial score (nSPS) is 11.4. The van der Waals surface area contributed by atoms with Crippen molar-refractivity contribution >= 4 is 32.1 Å². The lowest BCUT2D eigenvalue weighted by atomic mass is 10.3. The van der Waals surface area contributed by atoms with Crippen LogP contribution in [0.2, 0.25) is 0 Å². The Morgan fingerprint density at radius 3 is 2.73 bits per heavy atom. The summed E-state index contributed by atoms with van der Waals surface area (Å²) >= 11 is 1.38. The molecule has 0 aromatic carbocycles. The van der Waals surface area contributed by atoms with E-state index in [9.17, 15) is 13.2 Å². The van der Waals surface area contributed by atoms with E-state index < -0.39 is 9.84 Å². The maximum atomic E-state index is 12.2. The molecule has 0 radical (unpaired) electrons. The quantitative estimate of drug-likeness (QED) is 0.804. The van der Waals surface area contributed by atoms with E-state index in [1.54, 1.807) is 23.5 Å². The number of hydrogen-bond acceptors (Lipinski definition) is 6. The third-order valence-electron chi connectivity index (χ3n) is 2.97. The molecule has 118 valence electrons. The first-order chi connectivity index (χ1) is 10.4. The Morgan fingerprint density at radius 2 is 2.14 bits per heavy atom. The first kappa shape index (κ1) is 16.6. The number of carbonyl (C=O) groups is 1. The molecule has 0 fully saturated rings. The second-order valence-electron chi connectivity index (χ2n) is 4.76. The SMILES string of the molecule is CCN(C(=O)CCS(C)(=O)=O)c1cnc(-c2cccnc2)s1. The zero-order chi connectivity index (χ0) is 16.2. The largest absolute Gasteiger partial charge is 0.303 e. The summed E-state index contributed by atoms with van der Waals surface area (Å²) in [5.74, 6) is -0.356. The summed E-state index contributed by atoms with van der Waals surface area (Å²) in [6.45, 7) is 2.32. The topological polar surface area (TPSA) is 80.2 Å². The summed E-state index contributed by atoms with van der Waals surface area (Å²) in [5.41, 5.74) is 0.887. The number of hydrogen-bond donors (Lipinski definition) is 0. The lowest BCUT2D eigenvalue weighted by Gasteiger charge is -2.18. The van der Waals surface area contributed by atoms with Gasteiger partial charge in [-0.05, 0) is 19.1 Å². The van der Waals surface area contributed by atoms with E-state index in [-0.39, 0.29) is 18.1 Å². The Hall–Kier alpha value is -1.80. The van der Waals surface area contributed by atoms with Crippen molar-refractivity contribution in [3.63, 3.8) is 0 Å². The minimum absolute atomic E-state index is 0.0210. The van der Waals surface area contributed by atoms with Gasteiger partial charge in [0, 0.05) is 37.2 Å². The van der Waals surface area contributed by atoms with E-state index in [4.69, 9.17) is 0 Å². The van der Waals surface area contributed by atoms with Gasteiger partial charge >= 0.3 is 0 Å². The molecule has 22 heavy (non-hydrogen) atoms. The van der Waals surface area contributed by atoms with E-state index >= 15 is 0 Å². The van der Waals surface area contributed by atoms with Crippen LogP contribution in [0.15, 0.2) is 30.7 Å². The van der Waals surface area contributed by atoms with Gasteiger partial charge in [0.15, 0.2) is 0 Å². The third kappa shape index (κ3) is 4.35. The molecule has 8 heteroatoms. The van der Waals surface area contributed by atoms with Gasteiger partial charge in [-0.25, -0.2) is 13.4 Å². The number of aromatic nitrogens is 2. The zero-order valence-electron chi connectivity index (χ0n) is 12.4. The number of anilines is 1. The molecular formula is C14H17N3O3S2. The molecule has 6 nitrogen and oxygen atoms in total. The van der Waals surface area contributed by atoms with Crippen molar-refractivity contribution in [2.75, 3.05) is 23.5 Å². The molecule has 2 aromatic heterocycles. The smallest absolute Gasteiger partial charge is 0.228 e. The molecule has 0 aliphatic heterocycles. The minimum Gasteiger partial charge on any atom is -0.303 e. The van der Waals surface area contributed by atoms with Gasteiger partial charge in [0.1, 0.15) is 19.8 Å². The molecule has 1 amide bonds. The molecule has 0 spiro atoms. The molecule has 2 rings (SSSR count). The Kier molecular flexibility index (Phi) is 5.25. The standard InChI is InChI=1S/C14H17N3O3S2/c1-3-17(12(18)6-8-22(2,19)20)13-10-16-14(21-13)11-5-4-7-15-9-11/h4-5,7,9-10H,3,6,8H2,1-2H3. The van der Waals surface area contributed by atoms with Crippen LogP contribution in [0.25, 0.3) is 10.6 Å². The Labute approximate surface area is 133 Å². The fourth-order valence-electron chi connectivity index (χ4n) is 1.88. The van der Waals surface area contributed by atoms with Gasteiger partial charge in [0.05, 0.1) is 11.9 Å². The van der Waals surface area contributed by atoms with E-state index in [0.717, 1.165) is 16.8 Å².